The number of benzene rings is 3. The third-order valence-electron chi connectivity index (χ3n) is 12.6. The SMILES string of the molecule is CCCCCCCCCCCCCCCCCCOc1cc(-c2ccc(OCC(O)CO)cc2)c(OCCCCCCC(F)(F)C(F)(F)C(F)(F)C(F)(F)C(F)(F)C(F)(F)F)cc1-c1ccc(OCC(O)CO)cc1. The molecule has 3 aromatic rings. The number of halogens is 13. The van der Waals surface area contributed by atoms with Gasteiger partial charge in [0.25, 0.3) is 0 Å². The zero-order valence-corrected chi connectivity index (χ0v) is 42.4. The minimum atomic E-state index is -7.94. The molecule has 0 aliphatic rings. The van der Waals surface area contributed by atoms with E-state index in [9.17, 15) is 77.5 Å². The molecule has 428 valence electrons. The fraction of sp³-hybridized carbons (Fsp3) is 0.667. The van der Waals surface area contributed by atoms with Gasteiger partial charge in [-0.2, -0.15) is 57.1 Å². The van der Waals surface area contributed by atoms with E-state index in [0.717, 1.165) is 32.1 Å². The largest absolute Gasteiger partial charge is 0.493 e. The Hall–Kier alpha value is -4.21. The van der Waals surface area contributed by atoms with Gasteiger partial charge in [0, 0.05) is 17.5 Å². The fourth-order valence-electron chi connectivity index (χ4n) is 7.98. The molecule has 0 aliphatic carbocycles. The molecule has 0 spiro atoms. The van der Waals surface area contributed by atoms with Crippen LogP contribution >= 0.6 is 0 Å². The normalized spacial score (nSPS) is 13.7. The molecule has 0 saturated heterocycles. The molecule has 0 bridgehead atoms. The maximum Gasteiger partial charge on any atom is 0.460 e. The lowest BCUT2D eigenvalue weighted by Gasteiger charge is -2.39. The van der Waals surface area contributed by atoms with Gasteiger partial charge in [0.1, 0.15) is 48.4 Å². The Morgan fingerprint density at radius 2 is 0.720 bits per heavy atom. The highest BCUT2D eigenvalue weighted by atomic mass is 19.4. The summed E-state index contributed by atoms with van der Waals surface area (Å²) in [4.78, 5) is 0. The summed E-state index contributed by atoms with van der Waals surface area (Å²) >= 11 is 0. The minimum Gasteiger partial charge on any atom is -0.493 e. The number of rotatable bonds is 40. The van der Waals surface area contributed by atoms with Crippen LogP contribution in [0.3, 0.4) is 0 Å². The molecule has 0 fully saturated rings. The van der Waals surface area contributed by atoms with E-state index in [-0.39, 0.29) is 38.4 Å². The van der Waals surface area contributed by atoms with Gasteiger partial charge in [0.05, 0.1) is 26.4 Å². The Morgan fingerprint density at radius 3 is 1.05 bits per heavy atom. The van der Waals surface area contributed by atoms with E-state index < -0.39 is 80.5 Å². The van der Waals surface area contributed by atoms with Gasteiger partial charge >= 0.3 is 35.8 Å². The van der Waals surface area contributed by atoms with Crippen LogP contribution in [0.2, 0.25) is 0 Å². The van der Waals surface area contributed by atoms with Crippen LogP contribution in [-0.4, -0.2) is 108 Å². The summed E-state index contributed by atoms with van der Waals surface area (Å²) < 4.78 is 200. The molecule has 0 radical (unpaired) electrons. The second kappa shape index (κ2) is 31.3. The van der Waals surface area contributed by atoms with Gasteiger partial charge in [-0.05, 0) is 66.8 Å². The van der Waals surface area contributed by atoms with Gasteiger partial charge in [-0.1, -0.05) is 140 Å². The zero-order chi connectivity index (χ0) is 55.8. The predicted molar refractivity (Wildman–Crippen MR) is 259 cm³/mol. The van der Waals surface area contributed by atoms with Crippen molar-refractivity contribution in [2.24, 2.45) is 0 Å². The number of alkyl halides is 13. The highest BCUT2D eigenvalue weighted by Gasteiger charge is 2.90. The molecule has 0 saturated carbocycles. The lowest BCUT2D eigenvalue weighted by Crippen LogP contribution is -2.70. The van der Waals surface area contributed by atoms with E-state index in [1.165, 1.54) is 70.6 Å². The van der Waals surface area contributed by atoms with E-state index in [4.69, 9.17) is 18.9 Å². The first-order valence-corrected chi connectivity index (χ1v) is 25.8. The van der Waals surface area contributed by atoms with Crippen molar-refractivity contribution >= 4 is 0 Å². The van der Waals surface area contributed by atoms with Crippen molar-refractivity contribution in [2.75, 3.05) is 39.6 Å². The van der Waals surface area contributed by atoms with Crippen molar-refractivity contribution in [1.29, 1.82) is 0 Å². The molecule has 0 aromatic heterocycles. The second-order valence-corrected chi connectivity index (χ2v) is 18.9. The first-order chi connectivity index (χ1) is 35.4. The van der Waals surface area contributed by atoms with Crippen molar-refractivity contribution in [3.8, 4) is 45.3 Å². The molecule has 2 atom stereocenters. The molecular weight excluding hydrogens is 1020 g/mol. The second-order valence-electron chi connectivity index (χ2n) is 18.9. The maximum absolute atomic E-state index is 14.4. The lowest BCUT2D eigenvalue weighted by atomic mass is 9.91. The fourth-order valence-corrected chi connectivity index (χ4v) is 7.98. The zero-order valence-electron chi connectivity index (χ0n) is 42.4. The topological polar surface area (TPSA) is 118 Å². The Labute approximate surface area is 430 Å². The van der Waals surface area contributed by atoms with Gasteiger partial charge in [-0.25, -0.2) is 0 Å². The molecule has 0 aliphatic heterocycles. The molecule has 75 heavy (non-hydrogen) atoms. The molecule has 3 rings (SSSR count). The summed E-state index contributed by atoms with van der Waals surface area (Å²) in [5.74, 6) is -35.6. The summed E-state index contributed by atoms with van der Waals surface area (Å²) in [5.41, 5.74) is 2.22. The van der Waals surface area contributed by atoms with Crippen molar-refractivity contribution < 1.29 is 96.4 Å². The van der Waals surface area contributed by atoms with E-state index >= 15 is 0 Å². The summed E-state index contributed by atoms with van der Waals surface area (Å²) in [5, 5.41) is 37.9. The number of aliphatic hydroxyl groups excluding tert-OH is 4. The standard InChI is InChI=1S/C54H73F13O8/c1-2-3-4-5-6-7-8-9-10-11-12-13-14-15-17-20-31-72-47-33-46(40-24-28-44(29-25-40)75-38-42(71)36-69)48(34-45(47)39-22-26-43(27-23-39)74-37-41(70)35-68)73-32-21-18-16-19-30-49(55,56)50(57,58)51(59,60)52(61,62)53(63,64)54(65,66)67/h22-29,33-34,41-42,68-71H,2-21,30-32,35-38H2,1H3. The molecule has 8 nitrogen and oxygen atoms in total. The van der Waals surface area contributed by atoms with Crippen LogP contribution in [0.1, 0.15) is 142 Å². The number of hydrogen-bond acceptors (Lipinski definition) is 8. The maximum atomic E-state index is 14.4. The van der Waals surface area contributed by atoms with Crippen LogP contribution in [-0.2, 0) is 0 Å². The van der Waals surface area contributed by atoms with Crippen LogP contribution in [0.4, 0.5) is 57.1 Å². The summed E-state index contributed by atoms with van der Waals surface area (Å²) in [7, 11) is 0. The average Bonchev–Trinajstić information content (AvgIpc) is 3.37. The number of ether oxygens (including phenoxy) is 4. The molecular formula is C54H73F13O8. The summed E-state index contributed by atoms with van der Waals surface area (Å²) in [6.45, 7) is 0.960. The van der Waals surface area contributed by atoms with E-state index in [2.05, 4.69) is 6.92 Å². The molecule has 0 heterocycles. The van der Waals surface area contributed by atoms with Crippen molar-refractivity contribution in [1.82, 2.24) is 0 Å². The van der Waals surface area contributed by atoms with Gasteiger partial charge in [-0.15, -0.1) is 0 Å². The highest BCUT2D eigenvalue weighted by molar-refractivity contribution is 5.81. The van der Waals surface area contributed by atoms with E-state index in [0.29, 0.717) is 46.1 Å². The number of hydrogen-bond donors (Lipinski definition) is 4. The van der Waals surface area contributed by atoms with Crippen LogP contribution in [0.15, 0.2) is 60.7 Å². The Balaban J connectivity index is 1.76. The van der Waals surface area contributed by atoms with Crippen LogP contribution < -0.4 is 18.9 Å². The van der Waals surface area contributed by atoms with Crippen molar-refractivity contribution in [3.05, 3.63) is 60.7 Å². The third kappa shape index (κ3) is 19.3. The first-order valence-electron chi connectivity index (χ1n) is 25.8. The van der Waals surface area contributed by atoms with Gasteiger partial charge in [0.2, 0.25) is 0 Å². The quantitative estimate of drug-likeness (QED) is 0.0329. The molecule has 0 amide bonds. The van der Waals surface area contributed by atoms with Crippen molar-refractivity contribution in [2.45, 2.75) is 190 Å². The van der Waals surface area contributed by atoms with Gasteiger partial charge in [-0.3, -0.25) is 0 Å². The first kappa shape index (κ1) is 65.1. The Morgan fingerprint density at radius 1 is 0.400 bits per heavy atom. The number of unbranched alkanes of at least 4 members (excludes halogenated alkanes) is 18. The predicted octanol–water partition coefficient (Wildman–Crippen LogP) is 15.2. The third-order valence-corrected chi connectivity index (χ3v) is 12.6. The summed E-state index contributed by atoms with van der Waals surface area (Å²) in [6, 6.07) is 16.6. The highest BCUT2D eigenvalue weighted by Crippen LogP contribution is 2.61. The van der Waals surface area contributed by atoms with Crippen LogP contribution in [0.5, 0.6) is 23.0 Å². The van der Waals surface area contributed by atoms with Gasteiger partial charge in [0.15, 0.2) is 0 Å². The van der Waals surface area contributed by atoms with Crippen molar-refractivity contribution in [3.63, 3.8) is 0 Å². The van der Waals surface area contributed by atoms with E-state index in [1.54, 1.807) is 60.7 Å². The summed E-state index contributed by atoms with van der Waals surface area (Å²) in [6.07, 6.45) is 5.44. The molecule has 21 heteroatoms. The van der Waals surface area contributed by atoms with E-state index in [1.807, 2.05) is 0 Å². The Bertz CT molecular complexity index is 2040. The Kier molecular flexibility index (Phi) is 27.1. The average molecular weight is 1100 g/mol. The smallest absolute Gasteiger partial charge is 0.460 e. The van der Waals surface area contributed by atoms with Crippen LogP contribution in [0, 0.1) is 0 Å². The molecule has 3 aromatic carbocycles. The lowest BCUT2D eigenvalue weighted by molar-refractivity contribution is -0.440. The monoisotopic (exact) mass is 1100 g/mol. The molecule has 4 N–H and O–H groups in total. The van der Waals surface area contributed by atoms with Gasteiger partial charge < -0.3 is 39.4 Å². The minimum absolute atomic E-state index is 0.00592. The van der Waals surface area contributed by atoms with Crippen LogP contribution in [0.25, 0.3) is 22.3 Å². The number of aliphatic hydroxyl groups is 4. The molecule has 2 unspecified atom stereocenters.